The first-order valence-corrected chi connectivity index (χ1v) is 8.37. The van der Waals surface area contributed by atoms with Gasteiger partial charge in [0, 0.05) is 17.3 Å². The van der Waals surface area contributed by atoms with E-state index >= 15 is 0 Å². The van der Waals surface area contributed by atoms with Gasteiger partial charge in [-0.25, -0.2) is 0 Å². The maximum atomic E-state index is 12.7. The van der Waals surface area contributed by atoms with E-state index < -0.39 is 11.2 Å². The van der Waals surface area contributed by atoms with Gasteiger partial charge in [-0.05, 0) is 37.2 Å². The maximum absolute atomic E-state index is 12.7. The first kappa shape index (κ1) is 14.9. The Balaban J connectivity index is 1.93. The van der Waals surface area contributed by atoms with E-state index in [0.717, 1.165) is 38.4 Å². The summed E-state index contributed by atoms with van der Waals surface area (Å²) in [7, 11) is 1.65. The molecule has 1 N–H and O–H groups in total. The van der Waals surface area contributed by atoms with Crippen LogP contribution in [-0.2, 0) is 16.9 Å². The number of nitrogens with zero attached hydrogens (tertiary/aromatic N) is 1. The van der Waals surface area contributed by atoms with Crippen molar-refractivity contribution in [3.05, 3.63) is 53.5 Å². The Hall–Kier alpha value is -1.98. The molecule has 0 aliphatic heterocycles. The van der Waals surface area contributed by atoms with Crippen LogP contribution in [0.1, 0.15) is 16.8 Å². The van der Waals surface area contributed by atoms with Crippen LogP contribution in [0, 0.1) is 13.8 Å². The summed E-state index contributed by atoms with van der Waals surface area (Å²) in [6.45, 7) is 3.92. The van der Waals surface area contributed by atoms with Crippen molar-refractivity contribution in [1.82, 2.24) is 9.97 Å². The molecule has 1 unspecified atom stereocenters. The molecular weight excluding hydrogens is 296 g/mol. The molecule has 5 heteroatoms. The fraction of sp³-hybridized carbons (Fsp3) is 0.235. The molecule has 4 nitrogen and oxygen atoms in total. The van der Waals surface area contributed by atoms with Crippen molar-refractivity contribution in [2.24, 2.45) is 0 Å². The van der Waals surface area contributed by atoms with E-state index in [4.69, 9.17) is 4.74 Å². The number of pyridine rings is 1. The van der Waals surface area contributed by atoms with E-state index in [1.54, 1.807) is 13.3 Å². The van der Waals surface area contributed by atoms with Gasteiger partial charge < -0.3 is 14.3 Å². The standard InChI is InChI=1S/C17H18N2O2S/c1-11-8-18-15(12(2)17(11)21-3)10-22(20)16-9-19-14-7-5-4-6-13(14)16/h4-9,19H,10H2,1-3H3. The zero-order valence-electron chi connectivity index (χ0n) is 12.8. The third-order valence-electron chi connectivity index (χ3n) is 3.81. The molecule has 0 saturated heterocycles. The van der Waals surface area contributed by atoms with Gasteiger partial charge in [0.15, 0.2) is 10.6 Å². The van der Waals surface area contributed by atoms with Gasteiger partial charge in [-0.3, -0.25) is 4.98 Å². The molecule has 0 radical (unpaired) electrons. The number of H-pyrrole nitrogens is 1. The number of nitrogens with one attached hydrogen (secondary N) is 1. The van der Waals surface area contributed by atoms with Gasteiger partial charge in [0.25, 0.3) is 0 Å². The largest absolute Gasteiger partial charge is 0.611 e. The minimum Gasteiger partial charge on any atom is -0.611 e. The van der Waals surface area contributed by atoms with Crippen molar-refractivity contribution in [2.45, 2.75) is 24.5 Å². The van der Waals surface area contributed by atoms with Gasteiger partial charge in [-0.15, -0.1) is 0 Å². The second-order valence-corrected chi connectivity index (χ2v) is 6.65. The van der Waals surface area contributed by atoms with Gasteiger partial charge in [0.2, 0.25) is 0 Å². The zero-order valence-corrected chi connectivity index (χ0v) is 13.7. The fourth-order valence-corrected chi connectivity index (χ4v) is 3.96. The van der Waals surface area contributed by atoms with Crippen LogP contribution in [0.2, 0.25) is 0 Å². The Bertz CT molecular complexity index is 814. The van der Waals surface area contributed by atoms with Gasteiger partial charge in [0.1, 0.15) is 5.75 Å². The minimum atomic E-state index is -1.15. The molecule has 0 spiro atoms. The van der Waals surface area contributed by atoms with E-state index in [-0.39, 0.29) is 0 Å². The number of hydrogen-bond acceptors (Lipinski definition) is 3. The highest BCUT2D eigenvalue weighted by molar-refractivity contribution is 7.90. The SMILES string of the molecule is COc1c(C)cnc(C[S+]([O-])c2c[nH]c3ccccc23)c1C. The van der Waals surface area contributed by atoms with E-state index in [1.165, 1.54) is 0 Å². The summed E-state index contributed by atoms with van der Waals surface area (Å²) in [5.74, 6) is 1.20. The molecule has 2 heterocycles. The Morgan fingerprint density at radius 1 is 1.27 bits per heavy atom. The molecular formula is C17H18N2O2S. The molecule has 0 aliphatic rings. The van der Waals surface area contributed by atoms with Gasteiger partial charge in [-0.1, -0.05) is 12.1 Å². The number of aromatic amines is 1. The predicted octanol–water partition coefficient (Wildman–Crippen LogP) is 3.50. The van der Waals surface area contributed by atoms with Crippen LogP contribution >= 0.6 is 0 Å². The van der Waals surface area contributed by atoms with E-state index in [9.17, 15) is 4.55 Å². The lowest BCUT2D eigenvalue weighted by Crippen LogP contribution is -2.09. The Morgan fingerprint density at radius 2 is 2.05 bits per heavy atom. The van der Waals surface area contributed by atoms with Crippen LogP contribution in [0.25, 0.3) is 10.9 Å². The first-order chi connectivity index (χ1) is 10.6. The molecule has 3 aromatic rings. The topological polar surface area (TPSA) is 61.0 Å². The predicted molar refractivity (Wildman–Crippen MR) is 88.7 cm³/mol. The van der Waals surface area contributed by atoms with Crippen molar-refractivity contribution >= 4 is 22.1 Å². The molecule has 2 aromatic heterocycles. The number of aromatic nitrogens is 2. The van der Waals surface area contributed by atoms with Crippen LogP contribution in [0.3, 0.4) is 0 Å². The third-order valence-corrected chi connectivity index (χ3v) is 5.18. The highest BCUT2D eigenvalue weighted by atomic mass is 32.2. The second-order valence-electron chi connectivity index (χ2n) is 5.23. The van der Waals surface area contributed by atoms with Crippen LogP contribution in [0.5, 0.6) is 5.75 Å². The van der Waals surface area contributed by atoms with Crippen molar-refractivity contribution in [3.8, 4) is 5.75 Å². The first-order valence-electron chi connectivity index (χ1n) is 7.05. The Morgan fingerprint density at radius 3 is 2.82 bits per heavy atom. The van der Waals surface area contributed by atoms with Crippen molar-refractivity contribution in [1.29, 1.82) is 0 Å². The molecule has 22 heavy (non-hydrogen) atoms. The molecule has 0 bridgehead atoms. The quantitative estimate of drug-likeness (QED) is 0.750. The maximum Gasteiger partial charge on any atom is 0.178 e. The lowest BCUT2D eigenvalue weighted by Gasteiger charge is -2.14. The molecule has 114 valence electrons. The number of para-hydroxylation sites is 1. The lowest BCUT2D eigenvalue weighted by atomic mass is 10.1. The van der Waals surface area contributed by atoms with Gasteiger partial charge in [0.05, 0.1) is 29.9 Å². The van der Waals surface area contributed by atoms with Crippen molar-refractivity contribution < 1.29 is 9.29 Å². The monoisotopic (exact) mass is 314 g/mol. The second kappa shape index (κ2) is 6.02. The molecule has 0 fully saturated rings. The summed E-state index contributed by atoms with van der Waals surface area (Å²) in [6, 6.07) is 7.88. The number of aryl methyl sites for hydroxylation is 1. The normalized spacial score (nSPS) is 12.5. The fourth-order valence-electron chi connectivity index (χ4n) is 2.65. The number of benzene rings is 1. The number of methoxy groups -OCH3 is 1. The summed E-state index contributed by atoms with van der Waals surface area (Å²) in [6.07, 6.45) is 3.59. The summed E-state index contributed by atoms with van der Waals surface area (Å²) in [5, 5.41) is 0.998. The summed E-state index contributed by atoms with van der Waals surface area (Å²) in [4.78, 5) is 8.41. The molecule has 1 aromatic carbocycles. The van der Waals surface area contributed by atoms with E-state index in [1.807, 2.05) is 44.3 Å². The number of hydrogen-bond donors (Lipinski definition) is 1. The van der Waals surface area contributed by atoms with E-state index in [0.29, 0.717) is 5.75 Å². The highest BCUT2D eigenvalue weighted by Gasteiger charge is 2.20. The van der Waals surface area contributed by atoms with Gasteiger partial charge >= 0.3 is 0 Å². The van der Waals surface area contributed by atoms with Crippen molar-refractivity contribution in [3.63, 3.8) is 0 Å². The highest BCUT2D eigenvalue weighted by Crippen LogP contribution is 2.29. The molecule has 0 amide bonds. The van der Waals surface area contributed by atoms with Crippen LogP contribution in [0.15, 0.2) is 41.6 Å². The van der Waals surface area contributed by atoms with Crippen LogP contribution in [0.4, 0.5) is 0 Å². The lowest BCUT2D eigenvalue weighted by molar-refractivity contribution is 0.407. The molecule has 0 saturated carbocycles. The minimum absolute atomic E-state index is 0.379. The summed E-state index contributed by atoms with van der Waals surface area (Å²) in [5.41, 5.74) is 3.75. The Labute approximate surface area is 132 Å². The van der Waals surface area contributed by atoms with Crippen LogP contribution < -0.4 is 4.74 Å². The van der Waals surface area contributed by atoms with Gasteiger partial charge in [-0.2, -0.15) is 0 Å². The Kier molecular flexibility index (Phi) is 4.09. The average Bonchev–Trinajstić information content (AvgIpc) is 2.95. The third kappa shape index (κ3) is 2.58. The number of fused-ring (bicyclic) bond motifs is 1. The summed E-state index contributed by atoms with van der Waals surface area (Å²) < 4.78 is 18.2. The molecule has 0 aliphatic carbocycles. The zero-order chi connectivity index (χ0) is 15.7. The molecule has 1 atom stereocenters. The molecule has 3 rings (SSSR count). The number of rotatable bonds is 4. The van der Waals surface area contributed by atoms with E-state index in [2.05, 4.69) is 9.97 Å². The smallest absolute Gasteiger partial charge is 0.178 e. The van der Waals surface area contributed by atoms with Crippen molar-refractivity contribution in [2.75, 3.05) is 7.11 Å². The number of ether oxygens (including phenoxy) is 1. The summed E-state index contributed by atoms with van der Waals surface area (Å²) >= 11 is -1.15. The average molecular weight is 314 g/mol. The van der Waals surface area contributed by atoms with Crippen LogP contribution in [-0.4, -0.2) is 21.6 Å².